The molecule has 1 atom stereocenters. The second-order valence-corrected chi connectivity index (χ2v) is 4.65. The van der Waals surface area contributed by atoms with Gasteiger partial charge in [0.15, 0.2) is 6.10 Å². The maximum Gasteiger partial charge on any atom is 0.339 e. The predicted molar refractivity (Wildman–Crippen MR) is 72.6 cm³/mol. The van der Waals surface area contributed by atoms with E-state index in [0.29, 0.717) is 31.8 Å². The highest BCUT2D eigenvalue weighted by molar-refractivity contribution is 5.88. The van der Waals surface area contributed by atoms with Gasteiger partial charge in [-0.25, -0.2) is 9.59 Å². The fourth-order valence-electron chi connectivity index (χ4n) is 2.11. The molecular formula is C14H18N2O5. The zero-order valence-electron chi connectivity index (χ0n) is 12.1. The van der Waals surface area contributed by atoms with Gasteiger partial charge in [0.2, 0.25) is 0 Å². The molecule has 0 amide bonds. The van der Waals surface area contributed by atoms with Crippen molar-refractivity contribution in [1.29, 1.82) is 0 Å². The third kappa shape index (κ3) is 3.99. The zero-order valence-corrected chi connectivity index (χ0v) is 12.1. The third-order valence-corrected chi connectivity index (χ3v) is 3.25. The Labute approximate surface area is 122 Å². The van der Waals surface area contributed by atoms with Gasteiger partial charge < -0.3 is 14.2 Å². The van der Waals surface area contributed by atoms with E-state index in [9.17, 15) is 9.59 Å². The Balaban J connectivity index is 1.95. The van der Waals surface area contributed by atoms with E-state index < -0.39 is 12.1 Å². The third-order valence-electron chi connectivity index (χ3n) is 3.25. The maximum absolute atomic E-state index is 11.5. The number of carbonyl (C=O) groups excluding carboxylic acids is 2. The minimum absolute atomic E-state index is 0.367. The minimum Gasteiger partial charge on any atom is -0.467 e. The van der Waals surface area contributed by atoms with E-state index in [2.05, 4.69) is 19.4 Å². The van der Waals surface area contributed by atoms with Crippen molar-refractivity contribution < 1.29 is 23.8 Å². The summed E-state index contributed by atoms with van der Waals surface area (Å²) in [5, 5.41) is 0. The van der Waals surface area contributed by atoms with Crippen LogP contribution in [0.2, 0.25) is 0 Å². The van der Waals surface area contributed by atoms with Crippen molar-refractivity contribution >= 4 is 11.9 Å². The molecule has 0 N–H and O–H groups in total. The van der Waals surface area contributed by atoms with Crippen molar-refractivity contribution in [3.05, 3.63) is 29.6 Å². The van der Waals surface area contributed by atoms with Crippen LogP contribution in [-0.4, -0.2) is 61.8 Å². The molecule has 0 saturated carbocycles. The number of esters is 2. The van der Waals surface area contributed by atoms with Gasteiger partial charge in [-0.2, -0.15) is 0 Å². The Bertz CT molecular complexity index is 503. The molecule has 0 bridgehead atoms. The smallest absolute Gasteiger partial charge is 0.339 e. The molecule has 2 rings (SSSR count). The van der Waals surface area contributed by atoms with Crippen molar-refractivity contribution in [2.24, 2.45) is 0 Å². The van der Waals surface area contributed by atoms with Crippen LogP contribution in [-0.2, 0) is 25.5 Å². The summed E-state index contributed by atoms with van der Waals surface area (Å²) in [5.74, 6) is -0.778. The van der Waals surface area contributed by atoms with Crippen LogP contribution in [0.1, 0.15) is 16.1 Å². The molecule has 0 radical (unpaired) electrons. The Morgan fingerprint density at radius 3 is 2.81 bits per heavy atom. The van der Waals surface area contributed by atoms with Crippen LogP contribution in [0.4, 0.5) is 0 Å². The lowest BCUT2D eigenvalue weighted by Gasteiger charge is -2.31. The van der Waals surface area contributed by atoms with Gasteiger partial charge in [-0.1, -0.05) is 0 Å². The van der Waals surface area contributed by atoms with E-state index in [-0.39, 0.29) is 5.97 Å². The van der Waals surface area contributed by atoms with E-state index in [0.717, 1.165) is 5.69 Å². The van der Waals surface area contributed by atoms with Crippen molar-refractivity contribution in [2.45, 2.75) is 12.6 Å². The molecule has 0 spiro atoms. The number of nitrogens with zero attached hydrogens (tertiary/aromatic N) is 2. The average Bonchev–Trinajstić information content (AvgIpc) is 2.54. The number of morpholine rings is 1. The number of rotatable bonds is 4. The van der Waals surface area contributed by atoms with Crippen molar-refractivity contribution in [2.75, 3.05) is 33.9 Å². The number of aromatic nitrogens is 1. The highest BCUT2D eigenvalue weighted by Crippen LogP contribution is 2.11. The molecule has 1 fully saturated rings. The van der Waals surface area contributed by atoms with Crippen LogP contribution < -0.4 is 0 Å². The molecule has 1 aliphatic rings. The predicted octanol–water partition coefficient (Wildman–Crippen LogP) is 0.242. The number of carbonyl (C=O) groups is 2. The molecule has 1 aromatic heterocycles. The normalized spacial score (nSPS) is 19.0. The van der Waals surface area contributed by atoms with Gasteiger partial charge in [-0.3, -0.25) is 9.88 Å². The lowest BCUT2D eigenvalue weighted by molar-refractivity contribution is -0.160. The molecule has 114 valence electrons. The van der Waals surface area contributed by atoms with Crippen molar-refractivity contribution in [3.8, 4) is 0 Å². The standard InChI is InChI=1S/C14H18N2O5/c1-19-13(17)10-3-4-11(15-7-10)8-16-5-6-21-12(9-16)14(18)20-2/h3-4,7,12H,5-6,8-9H2,1-2H3. The molecule has 0 aliphatic carbocycles. The minimum atomic E-state index is -0.557. The summed E-state index contributed by atoms with van der Waals surface area (Å²) < 4.78 is 14.7. The van der Waals surface area contributed by atoms with Gasteiger partial charge in [-0.15, -0.1) is 0 Å². The first kappa shape index (κ1) is 15.4. The second-order valence-electron chi connectivity index (χ2n) is 4.65. The lowest BCUT2D eigenvalue weighted by Crippen LogP contribution is -2.46. The summed E-state index contributed by atoms with van der Waals surface area (Å²) in [6.45, 7) is 2.24. The number of hydrogen-bond acceptors (Lipinski definition) is 7. The van der Waals surface area contributed by atoms with Crippen LogP contribution in [0.15, 0.2) is 18.3 Å². The fraction of sp³-hybridized carbons (Fsp3) is 0.500. The molecule has 1 aliphatic heterocycles. The molecule has 0 aromatic carbocycles. The molecule has 1 saturated heterocycles. The number of methoxy groups -OCH3 is 2. The summed E-state index contributed by atoms with van der Waals surface area (Å²) in [4.78, 5) is 29.1. The quantitative estimate of drug-likeness (QED) is 0.736. The van der Waals surface area contributed by atoms with E-state index in [4.69, 9.17) is 4.74 Å². The first-order valence-electron chi connectivity index (χ1n) is 6.59. The van der Waals surface area contributed by atoms with Crippen LogP contribution in [0.25, 0.3) is 0 Å². The summed E-state index contributed by atoms with van der Waals surface area (Å²) in [7, 11) is 2.68. The monoisotopic (exact) mass is 294 g/mol. The maximum atomic E-state index is 11.5. The molecule has 7 heteroatoms. The Morgan fingerprint density at radius 1 is 1.38 bits per heavy atom. The first-order valence-corrected chi connectivity index (χ1v) is 6.59. The van der Waals surface area contributed by atoms with Crippen LogP contribution in [0, 0.1) is 0 Å². The zero-order chi connectivity index (χ0) is 15.2. The van der Waals surface area contributed by atoms with Gasteiger partial charge >= 0.3 is 11.9 Å². The van der Waals surface area contributed by atoms with Crippen LogP contribution in [0.5, 0.6) is 0 Å². The van der Waals surface area contributed by atoms with Gasteiger partial charge in [0, 0.05) is 25.8 Å². The number of ether oxygens (including phenoxy) is 3. The van der Waals surface area contributed by atoms with Gasteiger partial charge in [0.05, 0.1) is 32.1 Å². The van der Waals surface area contributed by atoms with Crippen LogP contribution in [0.3, 0.4) is 0 Å². The highest BCUT2D eigenvalue weighted by atomic mass is 16.6. The second kappa shape index (κ2) is 7.14. The Kier molecular flexibility index (Phi) is 5.24. The summed E-state index contributed by atoms with van der Waals surface area (Å²) in [6, 6.07) is 3.45. The lowest BCUT2D eigenvalue weighted by atomic mass is 10.2. The van der Waals surface area contributed by atoms with E-state index in [1.807, 2.05) is 0 Å². The summed E-state index contributed by atoms with van der Waals surface area (Å²) in [5.41, 5.74) is 1.23. The highest BCUT2D eigenvalue weighted by Gasteiger charge is 2.27. The molecule has 7 nitrogen and oxygen atoms in total. The van der Waals surface area contributed by atoms with Crippen molar-refractivity contribution in [1.82, 2.24) is 9.88 Å². The molecule has 1 unspecified atom stereocenters. The van der Waals surface area contributed by atoms with E-state index in [1.165, 1.54) is 20.4 Å². The molecule has 2 heterocycles. The SMILES string of the molecule is COC(=O)c1ccc(CN2CCOC(C(=O)OC)C2)nc1. The van der Waals surface area contributed by atoms with Gasteiger partial charge in [-0.05, 0) is 12.1 Å². The Morgan fingerprint density at radius 2 is 2.19 bits per heavy atom. The Hall–Kier alpha value is -1.99. The largest absolute Gasteiger partial charge is 0.467 e. The number of pyridine rings is 1. The van der Waals surface area contributed by atoms with E-state index in [1.54, 1.807) is 12.1 Å². The summed E-state index contributed by atoms with van der Waals surface area (Å²) >= 11 is 0. The van der Waals surface area contributed by atoms with Crippen LogP contribution >= 0.6 is 0 Å². The fourth-order valence-corrected chi connectivity index (χ4v) is 2.11. The summed E-state index contributed by atoms with van der Waals surface area (Å²) in [6.07, 6.45) is 0.928. The molecule has 1 aromatic rings. The molecular weight excluding hydrogens is 276 g/mol. The van der Waals surface area contributed by atoms with Gasteiger partial charge in [0.25, 0.3) is 0 Å². The van der Waals surface area contributed by atoms with E-state index >= 15 is 0 Å². The average molecular weight is 294 g/mol. The van der Waals surface area contributed by atoms with Crippen molar-refractivity contribution in [3.63, 3.8) is 0 Å². The van der Waals surface area contributed by atoms with Gasteiger partial charge in [0.1, 0.15) is 0 Å². The molecule has 21 heavy (non-hydrogen) atoms. The first-order chi connectivity index (χ1) is 10.1. The topological polar surface area (TPSA) is 78.0 Å². The number of hydrogen-bond donors (Lipinski definition) is 0.